The van der Waals surface area contributed by atoms with Gasteiger partial charge in [-0.3, -0.25) is 4.79 Å². The second kappa shape index (κ2) is 8.32. The van der Waals surface area contributed by atoms with Crippen molar-refractivity contribution in [3.8, 4) is 34.4 Å². The molecule has 7 nitrogen and oxygen atoms in total. The van der Waals surface area contributed by atoms with Crippen molar-refractivity contribution in [1.29, 1.82) is 0 Å². The fourth-order valence-corrected chi connectivity index (χ4v) is 3.83. The van der Waals surface area contributed by atoms with E-state index in [1.54, 1.807) is 49.2 Å². The zero-order chi connectivity index (χ0) is 22.1. The molecule has 158 valence electrons. The summed E-state index contributed by atoms with van der Waals surface area (Å²) in [5.41, 5.74) is 1.65. The van der Waals surface area contributed by atoms with Crippen molar-refractivity contribution >= 4 is 22.5 Å². The van der Waals surface area contributed by atoms with Crippen LogP contribution in [-0.4, -0.2) is 33.3 Å². The van der Waals surface area contributed by atoms with E-state index in [1.165, 1.54) is 4.68 Å². The lowest BCUT2D eigenvalue weighted by molar-refractivity contribution is 0.414. The SMILES string of the molecule is COc1ccc(-n2nc(-c3nc(-c4ccc(SC)cc4)no3)c3ccccc3c2=O)cc1. The molecule has 0 aliphatic carbocycles. The smallest absolute Gasteiger partial charge is 0.279 e. The van der Waals surface area contributed by atoms with Gasteiger partial charge < -0.3 is 9.26 Å². The molecule has 8 heteroatoms. The van der Waals surface area contributed by atoms with Gasteiger partial charge in [0.1, 0.15) is 5.75 Å². The summed E-state index contributed by atoms with van der Waals surface area (Å²) in [5, 5.41) is 9.89. The maximum Gasteiger partial charge on any atom is 0.279 e. The van der Waals surface area contributed by atoms with Gasteiger partial charge in [-0.15, -0.1) is 11.8 Å². The molecule has 0 spiro atoms. The molecule has 0 aliphatic heterocycles. The van der Waals surface area contributed by atoms with Crippen LogP contribution in [0.5, 0.6) is 5.75 Å². The minimum atomic E-state index is -0.234. The van der Waals surface area contributed by atoms with Crippen molar-refractivity contribution in [2.24, 2.45) is 0 Å². The first-order chi connectivity index (χ1) is 15.7. The quantitative estimate of drug-likeness (QED) is 0.360. The third kappa shape index (κ3) is 3.54. The Morgan fingerprint density at radius 1 is 0.938 bits per heavy atom. The number of hydrogen-bond acceptors (Lipinski definition) is 7. The van der Waals surface area contributed by atoms with Crippen molar-refractivity contribution < 1.29 is 9.26 Å². The zero-order valence-electron chi connectivity index (χ0n) is 17.4. The average molecular weight is 443 g/mol. The Hall–Kier alpha value is -3.91. The summed E-state index contributed by atoms with van der Waals surface area (Å²) in [6.07, 6.45) is 2.02. The molecule has 0 amide bonds. The van der Waals surface area contributed by atoms with Gasteiger partial charge in [-0.2, -0.15) is 14.8 Å². The normalized spacial score (nSPS) is 11.1. The molecule has 0 fully saturated rings. The summed E-state index contributed by atoms with van der Waals surface area (Å²) in [4.78, 5) is 18.9. The molecular formula is C24H18N4O3S. The van der Waals surface area contributed by atoms with Crippen molar-refractivity contribution in [3.63, 3.8) is 0 Å². The van der Waals surface area contributed by atoms with Crippen LogP contribution in [0, 0.1) is 0 Å². The van der Waals surface area contributed by atoms with Gasteiger partial charge in [-0.25, -0.2) is 0 Å². The molecule has 0 saturated heterocycles. The molecule has 2 heterocycles. The number of aromatic nitrogens is 4. The summed E-state index contributed by atoms with van der Waals surface area (Å²) >= 11 is 1.66. The molecule has 0 saturated carbocycles. The van der Waals surface area contributed by atoms with E-state index in [0.29, 0.717) is 33.7 Å². The molecule has 0 unspecified atom stereocenters. The van der Waals surface area contributed by atoms with Gasteiger partial charge in [-0.05, 0) is 60.9 Å². The standard InChI is InChI=1S/C24H18N4O3S/c1-30-17-11-9-16(10-12-17)28-24(29)20-6-4-3-5-19(20)21(26-28)23-25-22(27-31-23)15-7-13-18(32-2)14-8-15/h3-14H,1-2H3. The van der Waals surface area contributed by atoms with Gasteiger partial charge in [0.15, 0.2) is 5.69 Å². The molecule has 5 aromatic rings. The molecule has 0 radical (unpaired) electrons. The van der Waals surface area contributed by atoms with E-state index in [0.717, 1.165) is 10.5 Å². The Labute approximate surface area is 187 Å². The summed E-state index contributed by atoms with van der Waals surface area (Å²) < 4.78 is 12.1. The van der Waals surface area contributed by atoms with Gasteiger partial charge in [-0.1, -0.05) is 23.4 Å². The minimum Gasteiger partial charge on any atom is -0.497 e. The fraction of sp³-hybridized carbons (Fsp3) is 0.0833. The molecular weight excluding hydrogens is 424 g/mol. The zero-order valence-corrected chi connectivity index (χ0v) is 18.2. The van der Waals surface area contributed by atoms with E-state index < -0.39 is 0 Å². The Kier molecular flexibility index (Phi) is 5.20. The van der Waals surface area contributed by atoms with Gasteiger partial charge in [0.2, 0.25) is 5.82 Å². The molecule has 0 bridgehead atoms. The van der Waals surface area contributed by atoms with Crippen LogP contribution in [-0.2, 0) is 0 Å². The predicted molar refractivity (Wildman–Crippen MR) is 124 cm³/mol. The van der Waals surface area contributed by atoms with Crippen LogP contribution in [0.2, 0.25) is 0 Å². The van der Waals surface area contributed by atoms with Gasteiger partial charge in [0.05, 0.1) is 18.2 Å². The van der Waals surface area contributed by atoms with Crippen LogP contribution >= 0.6 is 11.8 Å². The highest BCUT2D eigenvalue weighted by Gasteiger charge is 2.19. The largest absolute Gasteiger partial charge is 0.497 e. The summed E-state index contributed by atoms with van der Waals surface area (Å²) in [6.45, 7) is 0. The first-order valence-corrected chi connectivity index (χ1v) is 11.1. The molecule has 32 heavy (non-hydrogen) atoms. The summed E-state index contributed by atoms with van der Waals surface area (Å²) in [7, 11) is 1.59. The van der Waals surface area contributed by atoms with E-state index in [2.05, 4.69) is 15.2 Å². The molecule has 3 aromatic carbocycles. The number of hydrogen-bond donors (Lipinski definition) is 0. The number of thioether (sulfide) groups is 1. The highest BCUT2D eigenvalue weighted by atomic mass is 32.2. The minimum absolute atomic E-state index is 0.234. The van der Waals surface area contributed by atoms with E-state index in [9.17, 15) is 4.79 Å². The van der Waals surface area contributed by atoms with Crippen LogP contribution < -0.4 is 10.3 Å². The predicted octanol–water partition coefficient (Wildman–Crippen LogP) is 4.83. The van der Waals surface area contributed by atoms with Crippen molar-refractivity contribution in [2.75, 3.05) is 13.4 Å². The number of rotatable bonds is 5. The first-order valence-electron chi connectivity index (χ1n) is 9.83. The summed E-state index contributed by atoms with van der Waals surface area (Å²) in [6, 6.07) is 22.3. The van der Waals surface area contributed by atoms with E-state index in [1.807, 2.05) is 48.7 Å². The fourth-order valence-electron chi connectivity index (χ4n) is 3.42. The second-order valence-corrected chi connectivity index (χ2v) is 7.84. The lowest BCUT2D eigenvalue weighted by Gasteiger charge is -2.09. The molecule has 2 aromatic heterocycles. The highest BCUT2D eigenvalue weighted by molar-refractivity contribution is 7.98. The molecule has 0 atom stereocenters. The Balaban J connectivity index is 1.66. The Morgan fingerprint density at radius 2 is 1.66 bits per heavy atom. The van der Waals surface area contributed by atoms with Crippen LogP contribution in [0.25, 0.3) is 39.4 Å². The topological polar surface area (TPSA) is 83.0 Å². The van der Waals surface area contributed by atoms with Crippen LogP contribution in [0.1, 0.15) is 0 Å². The third-order valence-electron chi connectivity index (χ3n) is 5.10. The van der Waals surface area contributed by atoms with Crippen LogP contribution in [0.4, 0.5) is 0 Å². The second-order valence-electron chi connectivity index (χ2n) is 6.96. The number of nitrogens with zero attached hydrogens (tertiary/aromatic N) is 4. The van der Waals surface area contributed by atoms with E-state index in [-0.39, 0.29) is 11.4 Å². The maximum absolute atomic E-state index is 13.2. The van der Waals surface area contributed by atoms with E-state index in [4.69, 9.17) is 9.26 Å². The number of methoxy groups -OCH3 is 1. The lowest BCUT2D eigenvalue weighted by atomic mass is 10.1. The lowest BCUT2D eigenvalue weighted by Crippen LogP contribution is -2.22. The monoisotopic (exact) mass is 442 g/mol. The van der Waals surface area contributed by atoms with Gasteiger partial charge in [0.25, 0.3) is 11.4 Å². The molecule has 5 rings (SSSR count). The highest BCUT2D eigenvalue weighted by Crippen LogP contribution is 2.27. The first kappa shape index (κ1) is 20.0. The van der Waals surface area contributed by atoms with Crippen molar-refractivity contribution in [1.82, 2.24) is 19.9 Å². The number of ether oxygens (including phenoxy) is 1. The maximum atomic E-state index is 13.2. The average Bonchev–Trinajstić information content (AvgIpc) is 3.35. The number of benzene rings is 3. The van der Waals surface area contributed by atoms with Crippen LogP contribution in [0.15, 0.2) is 87.0 Å². The van der Waals surface area contributed by atoms with Gasteiger partial charge in [0, 0.05) is 15.8 Å². The summed E-state index contributed by atoms with van der Waals surface area (Å²) in [5.74, 6) is 1.39. The van der Waals surface area contributed by atoms with Crippen molar-refractivity contribution in [3.05, 3.63) is 83.2 Å². The molecule has 0 N–H and O–H groups in total. The third-order valence-corrected chi connectivity index (χ3v) is 5.84. The number of fused-ring (bicyclic) bond motifs is 1. The molecule has 0 aliphatic rings. The van der Waals surface area contributed by atoms with E-state index >= 15 is 0 Å². The van der Waals surface area contributed by atoms with Gasteiger partial charge >= 0.3 is 0 Å². The van der Waals surface area contributed by atoms with Crippen molar-refractivity contribution in [2.45, 2.75) is 4.90 Å². The Morgan fingerprint density at radius 3 is 2.34 bits per heavy atom. The van der Waals surface area contributed by atoms with Crippen LogP contribution in [0.3, 0.4) is 0 Å². The Bertz CT molecular complexity index is 1460.